The fourth-order valence-corrected chi connectivity index (χ4v) is 5.72. The maximum atomic E-state index is 13.4. The molecule has 0 spiro atoms. The second-order valence-electron chi connectivity index (χ2n) is 8.43. The summed E-state index contributed by atoms with van der Waals surface area (Å²) in [5, 5.41) is 0.911. The molecule has 0 bridgehead atoms. The monoisotopic (exact) mass is 432 g/mol. The van der Waals surface area contributed by atoms with Gasteiger partial charge in [0, 0.05) is 24.2 Å². The number of rotatable bonds is 5. The van der Waals surface area contributed by atoms with Crippen molar-refractivity contribution in [3.8, 4) is 11.3 Å². The van der Waals surface area contributed by atoms with Crippen LogP contribution >= 0.6 is 11.3 Å². The van der Waals surface area contributed by atoms with Gasteiger partial charge in [0.25, 0.3) is 0 Å². The molecule has 2 aromatic carbocycles. The molecule has 5 rings (SSSR count). The number of anilines is 1. The molecule has 1 saturated heterocycles. The van der Waals surface area contributed by atoms with Crippen molar-refractivity contribution in [1.29, 1.82) is 0 Å². The molecule has 1 aliphatic carbocycles. The molecule has 0 atom stereocenters. The van der Waals surface area contributed by atoms with E-state index < -0.39 is 0 Å². The highest BCUT2D eigenvalue weighted by Crippen LogP contribution is 2.37. The smallest absolute Gasteiger partial charge is 0.205 e. The summed E-state index contributed by atoms with van der Waals surface area (Å²) in [7, 11) is 0. The van der Waals surface area contributed by atoms with E-state index in [0.717, 1.165) is 34.4 Å². The number of benzene rings is 2. The van der Waals surface area contributed by atoms with Crippen molar-refractivity contribution in [2.75, 3.05) is 31.2 Å². The lowest BCUT2D eigenvalue weighted by atomic mass is 9.84. The van der Waals surface area contributed by atoms with Gasteiger partial charge in [0.2, 0.25) is 5.78 Å². The highest BCUT2D eigenvalue weighted by molar-refractivity contribution is 7.18. The molecular weight excluding hydrogens is 404 g/mol. The van der Waals surface area contributed by atoms with Gasteiger partial charge in [-0.3, -0.25) is 4.79 Å². The first-order chi connectivity index (χ1) is 15.3. The predicted octanol–water partition coefficient (Wildman–Crippen LogP) is 5.93. The van der Waals surface area contributed by atoms with Crippen molar-refractivity contribution in [2.45, 2.75) is 38.0 Å². The van der Waals surface area contributed by atoms with Crippen molar-refractivity contribution in [2.24, 2.45) is 0 Å². The number of carbonyl (C=O) groups excluding carboxylic acids is 1. The quantitative estimate of drug-likeness (QED) is 0.469. The Morgan fingerprint density at radius 1 is 0.935 bits per heavy atom. The van der Waals surface area contributed by atoms with E-state index >= 15 is 0 Å². The number of hydrogen-bond acceptors (Lipinski definition) is 5. The van der Waals surface area contributed by atoms with Crippen LogP contribution in [0.1, 0.15) is 58.8 Å². The molecule has 0 amide bonds. The second kappa shape index (κ2) is 9.33. The van der Waals surface area contributed by atoms with Crippen LogP contribution in [0.15, 0.2) is 54.6 Å². The molecule has 2 aliphatic rings. The Kier molecular flexibility index (Phi) is 6.14. The molecule has 3 aromatic rings. The first-order valence-corrected chi connectivity index (χ1v) is 12.1. The van der Waals surface area contributed by atoms with Crippen molar-refractivity contribution in [3.63, 3.8) is 0 Å². The fourth-order valence-electron chi connectivity index (χ4n) is 4.62. The molecule has 0 unspecified atom stereocenters. The number of ketones is 1. The number of nitrogens with zero attached hydrogens (tertiary/aromatic N) is 2. The molecule has 0 radical (unpaired) electrons. The van der Waals surface area contributed by atoms with Crippen LogP contribution in [-0.4, -0.2) is 37.1 Å². The van der Waals surface area contributed by atoms with Crippen LogP contribution < -0.4 is 4.90 Å². The summed E-state index contributed by atoms with van der Waals surface area (Å²) in [6, 6.07) is 18.3. The number of aromatic nitrogens is 1. The summed E-state index contributed by atoms with van der Waals surface area (Å²) in [6.07, 6.45) is 6.60. The number of hydrogen-bond donors (Lipinski definition) is 0. The van der Waals surface area contributed by atoms with E-state index in [0.29, 0.717) is 24.7 Å². The highest BCUT2D eigenvalue weighted by Gasteiger charge is 2.24. The van der Waals surface area contributed by atoms with Gasteiger partial charge in [0.15, 0.2) is 5.13 Å². The zero-order valence-electron chi connectivity index (χ0n) is 17.8. The van der Waals surface area contributed by atoms with Gasteiger partial charge in [-0.25, -0.2) is 4.98 Å². The molecule has 0 N–H and O–H groups in total. The lowest BCUT2D eigenvalue weighted by molar-refractivity contribution is 0.104. The van der Waals surface area contributed by atoms with E-state index in [1.54, 1.807) is 0 Å². The van der Waals surface area contributed by atoms with E-state index in [2.05, 4.69) is 29.2 Å². The van der Waals surface area contributed by atoms with Crippen molar-refractivity contribution in [3.05, 3.63) is 70.6 Å². The largest absolute Gasteiger partial charge is 0.378 e. The lowest BCUT2D eigenvalue weighted by Crippen LogP contribution is -2.36. The zero-order valence-corrected chi connectivity index (χ0v) is 18.6. The first-order valence-electron chi connectivity index (χ1n) is 11.3. The maximum absolute atomic E-state index is 13.4. The molecule has 5 heteroatoms. The maximum Gasteiger partial charge on any atom is 0.205 e. The minimum absolute atomic E-state index is 0.0453. The first kappa shape index (κ1) is 20.4. The van der Waals surface area contributed by atoms with Gasteiger partial charge in [0.1, 0.15) is 4.88 Å². The third-order valence-electron chi connectivity index (χ3n) is 6.40. The Bertz CT molecular complexity index is 1020. The van der Waals surface area contributed by atoms with Crippen molar-refractivity contribution < 1.29 is 9.53 Å². The summed E-state index contributed by atoms with van der Waals surface area (Å²) in [5.74, 6) is 0.719. The van der Waals surface area contributed by atoms with E-state index in [9.17, 15) is 4.79 Å². The number of ether oxygens (including phenoxy) is 1. The third kappa shape index (κ3) is 4.43. The molecule has 160 valence electrons. The third-order valence-corrected chi connectivity index (χ3v) is 7.52. The van der Waals surface area contributed by atoms with Gasteiger partial charge in [0.05, 0.1) is 18.9 Å². The van der Waals surface area contributed by atoms with Crippen LogP contribution in [-0.2, 0) is 4.74 Å². The Balaban J connectivity index is 1.50. The van der Waals surface area contributed by atoms with E-state index in [-0.39, 0.29) is 5.78 Å². The molecule has 31 heavy (non-hydrogen) atoms. The average molecular weight is 433 g/mol. The summed E-state index contributed by atoms with van der Waals surface area (Å²) in [6.45, 7) is 3.03. The van der Waals surface area contributed by atoms with E-state index in [4.69, 9.17) is 9.72 Å². The van der Waals surface area contributed by atoms with Gasteiger partial charge in [-0.15, -0.1) is 0 Å². The normalized spacial score (nSPS) is 17.6. The molecular formula is C26H28N2O2S. The second-order valence-corrected chi connectivity index (χ2v) is 9.40. The Labute approximate surface area is 187 Å². The summed E-state index contributed by atoms with van der Waals surface area (Å²) >= 11 is 1.51. The number of thiazole rings is 1. The fraction of sp³-hybridized carbons (Fsp3) is 0.385. The van der Waals surface area contributed by atoms with Crippen LogP contribution in [0.2, 0.25) is 0 Å². The van der Waals surface area contributed by atoms with Gasteiger partial charge >= 0.3 is 0 Å². The molecule has 4 nitrogen and oxygen atoms in total. The summed E-state index contributed by atoms with van der Waals surface area (Å²) < 4.78 is 5.50. The molecule has 1 aromatic heterocycles. The van der Waals surface area contributed by atoms with Gasteiger partial charge in [-0.05, 0) is 24.3 Å². The van der Waals surface area contributed by atoms with Crippen LogP contribution in [0.5, 0.6) is 0 Å². The number of morpholine rings is 1. The minimum atomic E-state index is 0.0453. The molecule has 1 saturated carbocycles. The van der Waals surface area contributed by atoms with Gasteiger partial charge in [-0.2, -0.15) is 0 Å². The minimum Gasteiger partial charge on any atom is -0.378 e. The topological polar surface area (TPSA) is 42.4 Å². The standard InChI is InChI=1S/C26H28N2O2S/c29-24(22-9-5-2-6-10-22)25-23(27-26(31-25)28-15-17-30-18-16-28)21-13-11-20(12-14-21)19-7-3-1-4-8-19/h2,5-6,9-14,19H,1,3-4,7-8,15-18H2. The highest BCUT2D eigenvalue weighted by atomic mass is 32.1. The SMILES string of the molecule is O=C(c1ccccc1)c1sc(N2CCOCC2)nc1-c1ccc(C2CCCCC2)cc1. The molecule has 2 fully saturated rings. The van der Waals surface area contributed by atoms with Crippen LogP contribution in [0, 0.1) is 0 Å². The molecule has 2 heterocycles. The van der Waals surface area contributed by atoms with Crippen molar-refractivity contribution in [1.82, 2.24) is 4.98 Å². The lowest BCUT2D eigenvalue weighted by Gasteiger charge is -2.26. The van der Waals surface area contributed by atoms with E-state index in [1.807, 2.05) is 30.3 Å². The van der Waals surface area contributed by atoms with Gasteiger partial charge in [-0.1, -0.05) is 85.2 Å². The Morgan fingerprint density at radius 2 is 1.65 bits per heavy atom. The zero-order chi connectivity index (χ0) is 21.0. The Hall–Kier alpha value is -2.50. The van der Waals surface area contributed by atoms with Crippen LogP contribution in [0.25, 0.3) is 11.3 Å². The van der Waals surface area contributed by atoms with Crippen LogP contribution in [0.3, 0.4) is 0 Å². The molecule has 1 aliphatic heterocycles. The number of carbonyl (C=O) groups is 1. The van der Waals surface area contributed by atoms with Gasteiger partial charge < -0.3 is 9.64 Å². The average Bonchev–Trinajstić information content (AvgIpc) is 3.31. The summed E-state index contributed by atoms with van der Waals surface area (Å²) in [4.78, 5) is 21.3. The van der Waals surface area contributed by atoms with E-state index in [1.165, 1.54) is 49.0 Å². The Morgan fingerprint density at radius 3 is 2.35 bits per heavy atom. The van der Waals surface area contributed by atoms with Crippen molar-refractivity contribution >= 4 is 22.3 Å². The van der Waals surface area contributed by atoms with Crippen LogP contribution in [0.4, 0.5) is 5.13 Å². The summed E-state index contributed by atoms with van der Waals surface area (Å²) in [5.41, 5.74) is 3.95. The predicted molar refractivity (Wildman–Crippen MR) is 126 cm³/mol.